The minimum absolute atomic E-state index is 0.0470. The van der Waals surface area contributed by atoms with Gasteiger partial charge in [0.15, 0.2) is 13.2 Å². The van der Waals surface area contributed by atoms with Crippen LogP contribution >= 0.6 is 0 Å². The third-order valence-corrected chi connectivity index (χ3v) is 1.63. The Balaban J connectivity index is -0.000000334. The molecule has 0 atom stereocenters. The second-order valence-corrected chi connectivity index (χ2v) is 4.48. The van der Waals surface area contributed by atoms with Gasteiger partial charge in [0.1, 0.15) is 0 Å². The maximum atomic E-state index is 11.4. The quantitative estimate of drug-likeness (QED) is 0.425. The van der Waals surface area contributed by atoms with Crippen LogP contribution < -0.4 is 0 Å². The number of carboxylic acids is 1. The third kappa shape index (κ3) is 28.3. The number of halogens is 6. The largest absolute Gasteiger partial charge is 0.478 e. The van der Waals surface area contributed by atoms with E-state index in [1.165, 1.54) is 13.8 Å². The van der Waals surface area contributed by atoms with E-state index in [9.17, 15) is 40.7 Å². The highest BCUT2D eigenvalue weighted by Crippen LogP contribution is 2.15. The number of hydrogen-bond donors (Lipinski definition) is 1. The number of carbonyl (C=O) groups excluding carboxylic acids is 2. The minimum atomic E-state index is -4.47. The van der Waals surface area contributed by atoms with Crippen molar-refractivity contribution in [3.63, 3.8) is 0 Å². The van der Waals surface area contributed by atoms with Crippen LogP contribution in [0.3, 0.4) is 0 Å². The standard InChI is InChI=1S/C6H7F3O2.C5H5F3O2.C4H6O2/c1-4(2)5(10)11-3-6(7,8)9;1-2-4(9)10-3-5(6,7)8;1-3(2)4(5)6/h1,3H2,2H3;2H,1,3H2;1H2,2H3,(H,5,6). The Morgan fingerprint density at radius 3 is 1.44 bits per heavy atom. The molecule has 0 unspecified atom stereocenters. The van der Waals surface area contributed by atoms with Crippen molar-refractivity contribution in [1.29, 1.82) is 0 Å². The van der Waals surface area contributed by atoms with Gasteiger partial charge in [-0.15, -0.1) is 0 Å². The highest BCUT2D eigenvalue weighted by Gasteiger charge is 2.29. The first kappa shape index (κ1) is 29.0. The maximum Gasteiger partial charge on any atom is 0.422 e. The molecule has 0 aliphatic carbocycles. The topological polar surface area (TPSA) is 89.9 Å². The van der Waals surface area contributed by atoms with Gasteiger partial charge in [-0.1, -0.05) is 19.7 Å². The highest BCUT2D eigenvalue weighted by atomic mass is 19.4. The Morgan fingerprint density at radius 1 is 0.889 bits per heavy atom. The lowest BCUT2D eigenvalue weighted by molar-refractivity contribution is -0.183. The van der Waals surface area contributed by atoms with Crippen LogP contribution in [0.1, 0.15) is 13.8 Å². The molecule has 0 radical (unpaired) electrons. The van der Waals surface area contributed by atoms with Crippen molar-refractivity contribution in [3.05, 3.63) is 37.0 Å². The Kier molecular flexibility index (Phi) is 14.4. The molecule has 0 rings (SSSR count). The molecule has 0 bridgehead atoms. The highest BCUT2D eigenvalue weighted by molar-refractivity contribution is 5.87. The second-order valence-electron chi connectivity index (χ2n) is 4.48. The fraction of sp³-hybridized carbons (Fsp3) is 0.400. The third-order valence-electron chi connectivity index (χ3n) is 1.63. The molecule has 0 aromatic carbocycles. The smallest absolute Gasteiger partial charge is 0.422 e. The predicted molar refractivity (Wildman–Crippen MR) is 81.5 cm³/mol. The summed E-state index contributed by atoms with van der Waals surface area (Å²) in [4.78, 5) is 30.0. The van der Waals surface area contributed by atoms with Gasteiger partial charge < -0.3 is 14.6 Å². The molecule has 0 saturated carbocycles. The van der Waals surface area contributed by atoms with Crippen molar-refractivity contribution >= 4 is 17.9 Å². The van der Waals surface area contributed by atoms with Crippen LogP contribution in [0.5, 0.6) is 0 Å². The first-order valence-electron chi connectivity index (χ1n) is 6.57. The van der Waals surface area contributed by atoms with Crippen LogP contribution in [0.15, 0.2) is 37.0 Å². The summed E-state index contributed by atoms with van der Waals surface area (Å²) in [6.07, 6.45) is -8.25. The summed E-state index contributed by atoms with van der Waals surface area (Å²) in [5, 5.41) is 7.89. The molecule has 156 valence electrons. The lowest BCUT2D eigenvalue weighted by Crippen LogP contribution is -2.20. The van der Waals surface area contributed by atoms with Crippen LogP contribution in [0.25, 0.3) is 0 Å². The summed E-state index contributed by atoms with van der Waals surface area (Å²) in [6.45, 7) is 8.80. The van der Waals surface area contributed by atoms with E-state index in [-0.39, 0.29) is 11.1 Å². The summed E-state index contributed by atoms with van der Waals surface area (Å²) in [5.41, 5.74) is 0.129. The molecule has 0 heterocycles. The van der Waals surface area contributed by atoms with Crippen molar-refractivity contribution in [1.82, 2.24) is 0 Å². The van der Waals surface area contributed by atoms with Gasteiger partial charge in [-0.3, -0.25) is 0 Å². The Hall–Kier alpha value is -2.79. The number of carboxylic acid groups (broad SMARTS) is 1. The molecule has 0 aliphatic rings. The summed E-state index contributed by atoms with van der Waals surface area (Å²) in [6, 6.07) is 0. The number of rotatable bonds is 5. The Labute approximate surface area is 150 Å². The van der Waals surface area contributed by atoms with Gasteiger partial charge in [-0.25, -0.2) is 14.4 Å². The van der Waals surface area contributed by atoms with Gasteiger partial charge in [0.25, 0.3) is 0 Å². The zero-order chi connectivity index (χ0) is 22.4. The number of ether oxygens (including phenoxy) is 2. The van der Waals surface area contributed by atoms with E-state index in [4.69, 9.17) is 5.11 Å². The number of hydrogen-bond acceptors (Lipinski definition) is 5. The zero-order valence-corrected chi connectivity index (χ0v) is 14.4. The average Bonchev–Trinajstić information content (AvgIpc) is 2.49. The number of alkyl halides is 6. The molecule has 0 aromatic rings. The number of esters is 2. The van der Waals surface area contributed by atoms with Crippen molar-refractivity contribution < 1.29 is 55.3 Å². The Morgan fingerprint density at radius 2 is 1.22 bits per heavy atom. The molecular weight excluding hydrogens is 390 g/mol. The van der Waals surface area contributed by atoms with E-state index in [0.29, 0.717) is 6.08 Å². The minimum Gasteiger partial charge on any atom is -0.478 e. The molecule has 0 spiro atoms. The molecule has 0 saturated heterocycles. The van der Waals surface area contributed by atoms with Crippen LogP contribution in [0, 0.1) is 0 Å². The summed E-state index contributed by atoms with van der Waals surface area (Å²) >= 11 is 0. The van der Waals surface area contributed by atoms with Gasteiger partial charge >= 0.3 is 30.3 Å². The van der Waals surface area contributed by atoms with Gasteiger partial charge in [0.2, 0.25) is 0 Å². The van der Waals surface area contributed by atoms with E-state index in [2.05, 4.69) is 29.2 Å². The SMILES string of the molecule is C=C(C)C(=O)O.C=C(C)C(=O)OCC(F)(F)F.C=CC(=O)OCC(F)(F)F. The van der Waals surface area contributed by atoms with Crippen molar-refractivity contribution in [3.8, 4) is 0 Å². The lowest BCUT2D eigenvalue weighted by atomic mass is 10.4. The molecule has 6 nitrogen and oxygen atoms in total. The number of aliphatic carboxylic acids is 1. The monoisotopic (exact) mass is 408 g/mol. The summed E-state index contributed by atoms with van der Waals surface area (Å²) < 4.78 is 75.3. The van der Waals surface area contributed by atoms with Crippen LogP contribution in [0.4, 0.5) is 26.3 Å². The summed E-state index contributed by atoms with van der Waals surface area (Å²) in [7, 11) is 0. The predicted octanol–water partition coefficient (Wildman–Crippen LogP) is 3.59. The van der Waals surface area contributed by atoms with E-state index >= 15 is 0 Å². The first-order valence-corrected chi connectivity index (χ1v) is 6.57. The van der Waals surface area contributed by atoms with Gasteiger partial charge in [0.05, 0.1) is 0 Å². The fourth-order valence-corrected chi connectivity index (χ4v) is 0.482. The molecule has 0 fully saturated rings. The normalized spacial score (nSPS) is 10.1. The molecule has 27 heavy (non-hydrogen) atoms. The van der Waals surface area contributed by atoms with Crippen molar-refractivity contribution in [2.45, 2.75) is 26.2 Å². The number of carbonyl (C=O) groups is 3. The average molecular weight is 408 g/mol. The summed E-state index contributed by atoms with van der Waals surface area (Å²) in [5.74, 6) is -3.03. The van der Waals surface area contributed by atoms with E-state index < -0.39 is 43.5 Å². The second kappa shape index (κ2) is 13.4. The van der Waals surface area contributed by atoms with Gasteiger partial charge in [-0.05, 0) is 13.8 Å². The lowest BCUT2D eigenvalue weighted by Gasteiger charge is -2.06. The maximum absolute atomic E-state index is 11.4. The van der Waals surface area contributed by atoms with Gasteiger partial charge in [0, 0.05) is 17.2 Å². The fourth-order valence-electron chi connectivity index (χ4n) is 0.482. The first-order chi connectivity index (χ1) is 11.9. The van der Waals surface area contributed by atoms with Crippen molar-refractivity contribution in [2.75, 3.05) is 13.2 Å². The molecule has 0 amide bonds. The molecular formula is C15H18F6O6. The van der Waals surface area contributed by atoms with E-state index in [1.807, 2.05) is 0 Å². The molecule has 0 aromatic heterocycles. The molecule has 12 heteroatoms. The van der Waals surface area contributed by atoms with E-state index in [1.54, 1.807) is 0 Å². The van der Waals surface area contributed by atoms with Crippen molar-refractivity contribution in [2.24, 2.45) is 0 Å². The molecule has 1 N–H and O–H groups in total. The van der Waals surface area contributed by atoms with Gasteiger partial charge in [-0.2, -0.15) is 26.3 Å². The van der Waals surface area contributed by atoms with Crippen LogP contribution in [-0.2, 0) is 23.9 Å². The van der Waals surface area contributed by atoms with Crippen LogP contribution in [-0.4, -0.2) is 48.6 Å². The zero-order valence-electron chi connectivity index (χ0n) is 14.4. The molecule has 0 aliphatic heterocycles. The van der Waals surface area contributed by atoms with Crippen LogP contribution in [0.2, 0.25) is 0 Å². The Bertz CT molecular complexity index is 536. The van der Waals surface area contributed by atoms with E-state index in [0.717, 1.165) is 0 Å².